The van der Waals surface area contributed by atoms with Crippen LogP contribution in [0.3, 0.4) is 0 Å². The molecule has 6 nitrogen and oxygen atoms in total. The molecule has 1 amide bonds. The van der Waals surface area contributed by atoms with E-state index in [1.165, 1.54) is 0 Å². The highest BCUT2D eigenvalue weighted by Gasteiger charge is 2.22. The first-order valence-corrected chi connectivity index (χ1v) is 8.54. The molecule has 1 fully saturated rings. The van der Waals surface area contributed by atoms with E-state index in [0.29, 0.717) is 29.9 Å². The normalized spacial score (nSPS) is 15.4. The molecule has 0 heterocycles. The Labute approximate surface area is 147 Å². The molecule has 1 saturated carbocycles. The average Bonchev–Trinajstić information content (AvgIpc) is 3.11. The fraction of sp³-hybridized carbons (Fsp3) is 0.474. The molecule has 136 valence electrons. The molecule has 25 heavy (non-hydrogen) atoms. The zero-order valence-corrected chi connectivity index (χ0v) is 14.5. The highest BCUT2D eigenvalue weighted by Crippen LogP contribution is 2.32. The van der Waals surface area contributed by atoms with Gasteiger partial charge in [0.15, 0.2) is 11.5 Å². The third kappa shape index (κ3) is 5.24. The van der Waals surface area contributed by atoms with Crippen molar-refractivity contribution < 1.29 is 24.2 Å². The van der Waals surface area contributed by atoms with Crippen LogP contribution in [0.25, 0.3) is 0 Å². The lowest BCUT2D eigenvalue weighted by molar-refractivity contribution is -0.139. The molecule has 0 spiro atoms. The van der Waals surface area contributed by atoms with Gasteiger partial charge in [-0.25, -0.2) is 4.79 Å². The predicted molar refractivity (Wildman–Crippen MR) is 94.2 cm³/mol. The summed E-state index contributed by atoms with van der Waals surface area (Å²) in [5.41, 5.74) is 0.346. The fourth-order valence-corrected chi connectivity index (χ4v) is 2.88. The number of carbonyl (C=O) groups is 2. The van der Waals surface area contributed by atoms with Crippen molar-refractivity contribution in [3.05, 3.63) is 36.4 Å². The van der Waals surface area contributed by atoms with E-state index in [4.69, 9.17) is 9.47 Å². The van der Waals surface area contributed by atoms with E-state index < -0.39 is 17.9 Å². The first-order chi connectivity index (χ1) is 12.0. The first-order valence-electron chi connectivity index (χ1n) is 8.54. The summed E-state index contributed by atoms with van der Waals surface area (Å²) in [4.78, 5) is 23.7. The Balaban J connectivity index is 2.12. The number of carbonyl (C=O) groups excluding carboxylic acids is 1. The summed E-state index contributed by atoms with van der Waals surface area (Å²) in [6.45, 7) is 3.57. The number of ether oxygens (including phenoxy) is 2. The van der Waals surface area contributed by atoms with Crippen LogP contribution in [-0.2, 0) is 4.79 Å². The number of amides is 1. The molecule has 1 unspecified atom stereocenters. The van der Waals surface area contributed by atoms with Gasteiger partial charge in [-0.1, -0.05) is 6.08 Å². The van der Waals surface area contributed by atoms with Crippen LogP contribution in [0.15, 0.2) is 30.9 Å². The van der Waals surface area contributed by atoms with Crippen LogP contribution in [0.5, 0.6) is 11.5 Å². The van der Waals surface area contributed by atoms with Crippen molar-refractivity contribution in [2.75, 3.05) is 7.11 Å². The minimum atomic E-state index is -1.06. The summed E-state index contributed by atoms with van der Waals surface area (Å²) in [6.07, 6.45) is 6.81. The number of benzene rings is 1. The van der Waals surface area contributed by atoms with E-state index in [-0.39, 0.29) is 6.10 Å². The van der Waals surface area contributed by atoms with Gasteiger partial charge in [-0.2, -0.15) is 0 Å². The minimum Gasteiger partial charge on any atom is -0.493 e. The first kappa shape index (κ1) is 18.8. The molecule has 2 N–H and O–H groups in total. The maximum absolute atomic E-state index is 12.4. The van der Waals surface area contributed by atoms with E-state index in [1.807, 2.05) is 0 Å². The third-order valence-corrected chi connectivity index (χ3v) is 4.28. The molecule has 1 atom stereocenters. The lowest BCUT2D eigenvalue weighted by Crippen LogP contribution is -2.40. The number of carboxylic acids is 1. The van der Waals surface area contributed by atoms with Gasteiger partial charge in [0.2, 0.25) is 0 Å². The van der Waals surface area contributed by atoms with Crippen LogP contribution >= 0.6 is 0 Å². The fourth-order valence-electron chi connectivity index (χ4n) is 2.88. The Morgan fingerprint density at radius 1 is 1.36 bits per heavy atom. The standard InChI is InChI=1S/C19H25NO5/c1-3-4-9-15(19(22)23)20-18(21)13-10-11-16(24-2)17(12-13)25-14-7-5-6-8-14/h3,10-12,14-15H,1,4-9H2,2H3,(H,20,21)(H,22,23). The number of hydrogen-bond donors (Lipinski definition) is 2. The summed E-state index contributed by atoms with van der Waals surface area (Å²) in [5.74, 6) is -0.438. The second kappa shape index (κ2) is 9.11. The van der Waals surface area contributed by atoms with Crippen molar-refractivity contribution in [2.24, 2.45) is 0 Å². The molecule has 0 radical (unpaired) electrons. The molecule has 0 aliphatic heterocycles. The van der Waals surface area contributed by atoms with E-state index >= 15 is 0 Å². The maximum atomic E-state index is 12.4. The Morgan fingerprint density at radius 3 is 2.68 bits per heavy atom. The molecular formula is C19H25NO5. The van der Waals surface area contributed by atoms with Crippen molar-refractivity contribution in [3.8, 4) is 11.5 Å². The van der Waals surface area contributed by atoms with Gasteiger partial charge in [-0.05, 0) is 56.7 Å². The highest BCUT2D eigenvalue weighted by molar-refractivity contribution is 5.97. The second-order valence-corrected chi connectivity index (χ2v) is 6.12. The van der Waals surface area contributed by atoms with Crippen LogP contribution in [0.4, 0.5) is 0 Å². The number of rotatable bonds is 9. The Kier molecular flexibility index (Phi) is 6.86. The van der Waals surface area contributed by atoms with Gasteiger partial charge in [0, 0.05) is 5.56 Å². The largest absolute Gasteiger partial charge is 0.493 e. The van der Waals surface area contributed by atoms with Gasteiger partial charge in [0.1, 0.15) is 6.04 Å². The molecule has 0 bridgehead atoms. The topological polar surface area (TPSA) is 84.9 Å². The molecule has 1 aromatic rings. The Hall–Kier alpha value is -2.50. The zero-order chi connectivity index (χ0) is 18.2. The molecule has 0 aromatic heterocycles. The maximum Gasteiger partial charge on any atom is 0.326 e. The SMILES string of the molecule is C=CCCC(NC(=O)c1ccc(OC)c(OC2CCCC2)c1)C(=O)O. The molecule has 0 saturated heterocycles. The number of allylic oxidation sites excluding steroid dienone is 1. The molecule has 6 heteroatoms. The van der Waals surface area contributed by atoms with E-state index in [1.54, 1.807) is 31.4 Å². The van der Waals surface area contributed by atoms with Gasteiger partial charge in [-0.15, -0.1) is 6.58 Å². The van der Waals surface area contributed by atoms with Gasteiger partial charge in [0.05, 0.1) is 13.2 Å². The quantitative estimate of drug-likeness (QED) is 0.670. The number of nitrogens with one attached hydrogen (secondary N) is 1. The average molecular weight is 347 g/mol. The van der Waals surface area contributed by atoms with Gasteiger partial charge < -0.3 is 19.9 Å². The van der Waals surface area contributed by atoms with Crippen LogP contribution in [0.1, 0.15) is 48.9 Å². The van der Waals surface area contributed by atoms with Crippen LogP contribution in [0, 0.1) is 0 Å². The van der Waals surface area contributed by atoms with Crippen molar-refractivity contribution in [2.45, 2.75) is 50.7 Å². The van der Waals surface area contributed by atoms with Crippen molar-refractivity contribution in [1.29, 1.82) is 0 Å². The van der Waals surface area contributed by atoms with Crippen LogP contribution < -0.4 is 14.8 Å². The van der Waals surface area contributed by atoms with Crippen LogP contribution in [-0.4, -0.2) is 36.2 Å². The Bertz CT molecular complexity index is 622. The number of aliphatic carboxylic acids is 1. The lowest BCUT2D eigenvalue weighted by atomic mass is 10.1. The van der Waals surface area contributed by atoms with E-state index in [9.17, 15) is 14.7 Å². The summed E-state index contributed by atoms with van der Waals surface area (Å²) in [6, 6.07) is 3.92. The highest BCUT2D eigenvalue weighted by atomic mass is 16.5. The van der Waals surface area contributed by atoms with E-state index in [2.05, 4.69) is 11.9 Å². The third-order valence-electron chi connectivity index (χ3n) is 4.28. The van der Waals surface area contributed by atoms with Gasteiger partial charge in [0.25, 0.3) is 5.91 Å². The van der Waals surface area contributed by atoms with Gasteiger partial charge in [-0.3, -0.25) is 4.79 Å². The molecule has 2 rings (SSSR count). The number of carboxylic acid groups (broad SMARTS) is 1. The minimum absolute atomic E-state index is 0.131. The van der Waals surface area contributed by atoms with Crippen molar-refractivity contribution >= 4 is 11.9 Å². The lowest BCUT2D eigenvalue weighted by Gasteiger charge is -2.18. The van der Waals surface area contributed by atoms with Crippen LogP contribution in [0.2, 0.25) is 0 Å². The summed E-state index contributed by atoms with van der Waals surface area (Å²) in [5, 5.41) is 11.8. The molecular weight excluding hydrogens is 322 g/mol. The molecule has 1 aliphatic rings. The number of hydrogen-bond acceptors (Lipinski definition) is 4. The summed E-state index contributed by atoms with van der Waals surface area (Å²) < 4.78 is 11.3. The smallest absolute Gasteiger partial charge is 0.326 e. The van der Waals surface area contributed by atoms with Crippen molar-refractivity contribution in [3.63, 3.8) is 0 Å². The summed E-state index contributed by atoms with van der Waals surface area (Å²) in [7, 11) is 1.55. The monoisotopic (exact) mass is 347 g/mol. The number of methoxy groups -OCH3 is 1. The predicted octanol–water partition coefficient (Wildman–Crippen LogP) is 3.17. The second-order valence-electron chi connectivity index (χ2n) is 6.12. The Morgan fingerprint density at radius 2 is 2.08 bits per heavy atom. The molecule has 1 aromatic carbocycles. The van der Waals surface area contributed by atoms with E-state index in [0.717, 1.165) is 25.7 Å². The summed E-state index contributed by atoms with van der Waals surface area (Å²) >= 11 is 0. The van der Waals surface area contributed by atoms with Crippen molar-refractivity contribution in [1.82, 2.24) is 5.32 Å². The zero-order valence-electron chi connectivity index (χ0n) is 14.5. The van der Waals surface area contributed by atoms with Gasteiger partial charge >= 0.3 is 5.97 Å². The molecule has 1 aliphatic carbocycles.